The third-order valence-electron chi connectivity index (χ3n) is 2.65. The van der Waals surface area contributed by atoms with Crippen molar-refractivity contribution in [3.05, 3.63) is 46.8 Å². The number of sulfonamides is 1. The van der Waals surface area contributed by atoms with Gasteiger partial charge in [0.25, 0.3) is 10.0 Å². The van der Waals surface area contributed by atoms with E-state index < -0.39 is 16.0 Å². The molecular weight excluding hydrogens is 310 g/mol. The van der Waals surface area contributed by atoms with E-state index in [4.69, 9.17) is 4.74 Å². The molecule has 0 saturated carbocycles. The second-order valence-corrected chi connectivity index (χ2v) is 7.43. The summed E-state index contributed by atoms with van der Waals surface area (Å²) in [7, 11) is -3.70. The summed E-state index contributed by atoms with van der Waals surface area (Å²) in [5, 5.41) is 0. The van der Waals surface area contributed by atoms with Crippen LogP contribution in [0.15, 0.2) is 40.6 Å². The average Bonchev–Trinajstić information content (AvgIpc) is 2.87. The molecule has 2 aromatic rings. The molecule has 1 aromatic heterocycles. The Balaban J connectivity index is 2.33. The van der Waals surface area contributed by atoms with Crippen molar-refractivity contribution in [1.82, 2.24) is 0 Å². The third kappa shape index (κ3) is 3.62. The first kappa shape index (κ1) is 15.5. The molecule has 21 heavy (non-hydrogen) atoms. The standard InChI is InChI=1S/C14H15NO4S2/c1-3-19-14(16)11-6-4-5-7-12(11)15-21(17,18)13-9-8-10(2)20-13/h4-9,15H,3H2,1-2H3. The molecule has 0 bridgehead atoms. The largest absolute Gasteiger partial charge is 0.462 e. The molecule has 0 fully saturated rings. The SMILES string of the molecule is CCOC(=O)c1ccccc1NS(=O)(=O)c1ccc(C)s1. The normalized spacial score (nSPS) is 11.1. The number of rotatable bonds is 5. The van der Waals surface area contributed by atoms with Crippen LogP contribution in [0.3, 0.4) is 0 Å². The number of benzene rings is 1. The Kier molecular flexibility index (Phi) is 4.64. The van der Waals surface area contributed by atoms with Crippen molar-refractivity contribution < 1.29 is 17.9 Å². The van der Waals surface area contributed by atoms with E-state index in [0.29, 0.717) is 0 Å². The summed E-state index contributed by atoms with van der Waals surface area (Å²) in [6, 6.07) is 9.63. The number of thiophene rings is 1. The summed E-state index contributed by atoms with van der Waals surface area (Å²) in [4.78, 5) is 12.7. The number of ether oxygens (including phenoxy) is 1. The van der Waals surface area contributed by atoms with Crippen molar-refractivity contribution in [2.75, 3.05) is 11.3 Å². The van der Waals surface area contributed by atoms with Crippen LogP contribution in [0, 0.1) is 6.92 Å². The minimum atomic E-state index is -3.70. The Labute approximate surface area is 127 Å². The first-order valence-electron chi connectivity index (χ1n) is 6.29. The van der Waals surface area contributed by atoms with E-state index in [1.165, 1.54) is 29.5 Å². The predicted molar refractivity (Wildman–Crippen MR) is 82.3 cm³/mol. The average molecular weight is 325 g/mol. The van der Waals surface area contributed by atoms with E-state index in [1.807, 2.05) is 6.92 Å². The van der Waals surface area contributed by atoms with Crippen LogP contribution < -0.4 is 4.72 Å². The Bertz CT molecular complexity index is 750. The maximum absolute atomic E-state index is 12.3. The van der Waals surface area contributed by atoms with Crippen molar-refractivity contribution in [2.24, 2.45) is 0 Å². The number of carbonyl (C=O) groups is 1. The van der Waals surface area contributed by atoms with E-state index in [2.05, 4.69) is 4.72 Å². The molecule has 7 heteroatoms. The predicted octanol–water partition coefficient (Wildman–Crippen LogP) is 3.03. The highest BCUT2D eigenvalue weighted by Gasteiger charge is 2.20. The second kappa shape index (κ2) is 6.28. The van der Waals surface area contributed by atoms with Gasteiger partial charge in [-0.15, -0.1) is 11.3 Å². The third-order valence-corrected chi connectivity index (χ3v) is 5.51. The first-order valence-corrected chi connectivity index (χ1v) is 8.59. The summed E-state index contributed by atoms with van der Waals surface area (Å²) < 4.78 is 32.2. The van der Waals surface area contributed by atoms with Crippen LogP contribution in [-0.4, -0.2) is 21.0 Å². The minimum absolute atomic E-state index is 0.191. The summed E-state index contributed by atoms with van der Waals surface area (Å²) >= 11 is 1.17. The van der Waals surface area contributed by atoms with Crippen molar-refractivity contribution >= 4 is 33.0 Å². The molecule has 112 valence electrons. The number of hydrogen-bond donors (Lipinski definition) is 1. The molecule has 0 aliphatic rings. The molecule has 1 heterocycles. The van der Waals surface area contributed by atoms with E-state index in [-0.39, 0.29) is 22.1 Å². The van der Waals surface area contributed by atoms with Gasteiger partial charge < -0.3 is 4.74 Å². The zero-order chi connectivity index (χ0) is 15.5. The van der Waals surface area contributed by atoms with Crippen molar-refractivity contribution in [1.29, 1.82) is 0 Å². The van der Waals surface area contributed by atoms with Gasteiger partial charge >= 0.3 is 5.97 Å². The van der Waals surface area contributed by atoms with Gasteiger partial charge in [0.05, 0.1) is 17.9 Å². The van der Waals surface area contributed by atoms with E-state index in [9.17, 15) is 13.2 Å². The smallest absolute Gasteiger partial charge is 0.340 e. The maximum atomic E-state index is 12.3. The fraction of sp³-hybridized carbons (Fsp3) is 0.214. The Hall–Kier alpha value is -1.86. The first-order chi connectivity index (χ1) is 9.94. The molecule has 0 saturated heterocycles. The van der Waals surface area contributed by atoms with E-state index in [0.717, 1.165) is 4.88 Å². The number of hydrogen-bond acceptors (Lipinski definition) is 5. The Morgan fingerprint density at radius 2 is 1.95 bits per heavy atom. The zero-order valence-corrected chi connectivity index (χ0v) is 13.3. The fourth-order valence-electron chi connectivity index (χ4n) is 1.71. The highest BCUT2D eigenvalue weighted by molar-refractivity contribution is 7.94. The summed E-state index contributed by atoms with van der Waals surface area (Å²) in [5.74, 6) is -0.557. The van der Waals surface area contributed by atoms with Gasteiger partial charge in [-0.25, -0.2) is 13.2 Å². The quantitative estimate of drug-likeness (QED) is 0.858. The number of anilines is 1. The van der Waals surface area contributed by atoms with Gasteiger partial charge in [0.1, 0.15) is 4.21 Å². The van der Waals surface area contributed by atoms with E-state index >= 15 is 0 Å². The number of carbonyl (C=O) groups excluding carboxylic acids is 1. The van der Waals surface area contributed by atoms with Crippen molar-refractivity contribution in [2.45, 2.75) is 18.1 Å². The van der Waals surface area contributed by atoms with Gasteiger partial charge in [-0.1, -0.05) is 12.1 Å². The summed E-state index contributed by atoms with van der Waals surface area (Å²) in [6.45, 7) is 3.75. The number of aryl methyl sites for hydroxylation is 1. The lowest BCUT2D eigenvalue weighted by molar-refractivity contribution is 0.0527. The van der Waals surface area contributed by atoms with Crippen LogP contribution in [0.25, 0.3) is 0 Å². The van der Waals surface area contributed by atoms with E-state index in [1.54, 1.807) is 25.1 Å². The molecule has 0 amide bonds. The monoisotopic (exact) mass is 325 g/mol. The molecule has 1 aromatic carbocycles. The number of esters is 1. The highest BCUT2D eigenvalue weighted by Crippen LogP contribution is 2.25. The van der Waals surface area contributed by atoms with Gasteiger partial charge in [-0.3, -0.25) is 4.72 Å². The molecule has 0 aliphatic heterocycles. The number of nitrogens with one attached hydrogen (secondary N) is 1. The van der Waals surface area contributed by atoms with Crippen LogP contribution >= 0.6 is 11.3 Å². The van der Waals surface area contributed by atoms with Crippen LogP contribution in [0.5, 0.6) is 0 Å². The van der Waals surface area contributed by atoms with Gasteiger partial charge in [-0.05, 0) is 38.1 Å². The number of para-hydroxylation sites is 1. The van der Waals surface area contributed by atoms with Crippen molar-refractivity contribution in [3.63, 3.8) is 0 Å². The summed E-state index contributed by atoms with van der Waals surface area (Å²) in [5.41, 5.74) is 0.401. The molecule has 0 unspecified atom stereocenters. The molecule has 1 N–H and O–H groups in total. The molecule has 5 nitrogen and oxygen atoms in total. The minimum Gasteiger partial charge on any atom is -0.462 e. The lowest BCUT2D eigenvalue weighted by Crippen LogP contribution is -2.15. The lowest BCUT2D eigenvalue weighted by atomic mass is 10.2. The molecular formula is C14H15NO4S2. The maximum Gasteiger partial charge on any atom is 0.340 e. The van der Waals surface area contributed by atoms with Gasteiger partial charge in [-0.2, -0.15) is 0 Å². The topological polar surface area (TPSA) is 72.5 Å². The Morgan fingerprint density at radius 1 is 1.24 bits per heavy atom. The van der Waals surface area contributed by atoms with Crippen LogP contribution in [0.4, 0.5) is 5.69 Å². The highest BCUT2D eigenvalue weighted by atomic mass is 32.2. The molecule has 0 aliphatic carbocycles. The molecule has 0 spiro atoms. The van der Waals surface area contributed by atoms with Gasteiger partial charge in [0.2, 0.25) is 0 Å². The molecule has 2 rings (SSSR count). The zero-order valence-electron chi connectivity index (χ0n) is 11.6. The molecule has 0 radical (unpaired) electrons. The van der Waals surface area contributed by atoms with Gasteiger partial charge in [0.15, 0.2) is 0 Å². The van der Waals surface area contributed by atoms with Crippen LogP contribution in [0.1, 0.15) is 22.2 Å². The second-order valence-electron chi connectivity index (χ2n) is 4.24. The Morgan fingerprint density at radius 3 is 2.57 bits per heavy atom. The van der Waals surface area contributed by atoms with Crippen molar-refractivity contribution in [3.8, 4) is 0 Å². The molecule has 0 atom stereocenters. The fourth-order valence-corrected chi connectivity index (χ4v) is 4.07. The van der Waals surface area contributed by atoms with Crippen LogP contribution in [0.2, 0.25) is 0 Å². The lowest BCUT2D eigenvalue weighted by Gasteiger charge is -2.10. The van der Waals surface area contributed by atoms with Crippen LogP contribution in [-0.2, 0) is 14.8 Å². The summed E-state index contributed by atoms with van der Waals surface area (Å²) in [6.07, 6.45) is 0. The van der Waals surface area contributed by atoms with Gasteiger partial charge in [0, 0.05) is 4.88 Å².